The molecule has 1 aromatic rings. The standard InChI is InChI=1S/C9H7BrF2O3S/c10-7-2-1-5(3-6(7)9(13)14)16(15)4-8(11)12/h1-3,8H,4H2,(H,13,14). The maximum absolute atomic E-state index is 12.0. The number of hydrogen-bond acceptors (Lipinski definition) is 2. The summed E-state index contributed by atoms with van der Waals surface area (Å²) in [4.78, 5) is 10.8. The molecule has 1 rings (SSSR count). The van der Waals surface area contributed by atoms with Crippen molar-refractivity contribution in [2.75, 3.05) is 5.75 Å². The van der Waals surface area contributed by atoms with Crippen LogP contribution in [0.25, 0.3) is 0 Å². The minimum absolute atomic E-state index is 0.0842. The van der Waals surface area contributed by atoms with E-state index in [9.17, 15) is 17.8 Å². The monoisotopic (exact) mass is 312 g/mol. The number of alkyl halides is 2. The Balaban J connectivity index is 3.03. The number of halogens is 3. The van der Waals surface area contributed by atoms with Gasteiger partial charge >= 0.3 is 5.97 Å². The number of carbonyl (C=O) groups is 1. The molecule has 0 bridgehead atoms. The van der Waals surface area contributed by atoms with E-state index in [1.165, 1.54) is 12.1 Å². The van der Waals surface area contributed by atoms with Crippen LogP contribution < -0.4 is 0 Å². The molecule has 88 valence electrons. The molecule has 1 aromatic carbocycles. The predicted octanol–water partition coefficient (Wildman–Crippen LogP) is 2.52. The summed E-state index contributed by atoms with van der Waals surface area (Å²) in [5.74, 6) is -2.00. The summed E-state index contributed by atoms with van der Waals surface area (Å²) in [6.45, 7) is 0. The molecule has 0 radical (unpaired) electrons. The van der Waals surface area contributed by atoms with Gasteiger partial charge in [0.25, 0.3) is 0 Å². The highest BCUT2D eigenvalue weighted by atomic mass is 79.9. The summed E-state index contributed by atoms with van der Waals surface area (Å²) in [6, 6.07) is 3.86. The van der Waals surface area contributed by atoms with Gasteiger partial charge in [0.1, 0.15) is 0 Å². The zero-order valence-electron chi connectivity index (χ0n) is 7.82. The average molecular weight is 313 g/mol. The van der Waals surface area contributed by atoms with Crippen LogP contribution in [0.15, 0.2) is 27.6 Å². The smallest absolute Gasteiger partial charge is 0.336 e. The molecule has 3 nitrogen and oxygen atoms in total. The normalized spacial score (nSPS) is 12.8. The molecule has 0 spiro atoms. The first-order valence-electron chi connectivity index (χ1n) is 4.11. The molecular weight excluding hydrogens is 306 g/mol. The minimum Gasteiger partial charge on any atom is -0.478 e. The van der Waals surface area contributed by atoms with Gasteiger partial charge in [-0.05, 0) is 34.1 Å². The lowest BCUT2D eigenvalue weighted by Gasteiger charge is -2.04. The zero-order valence-corrected chi connectivity index (χ0v) is 10.2. The second kappa shape index (κ2) is 5.49. The van der Waals surface area contributed by atoms with Crippen LogP contribution in [0.3, 0.4) is 0 Å². The van der Waals surface area contributed by atoms with Gasteiger partial charge in [-0.15, -0.1) is 0 Å². The van der Waals surface area contributed by atoms with Gasteiger partial charge in [0.2, 0.25) is 6.43 Å². The molecule has 0 amide bonds. The molecule has 0 aliphatic rings. The van der Waals surface area contributed by atoms with E-state index in [-0.39, 0.29) is 10.5 Å². The third kappa shape index (κ3) is 3.34. The molecule has 1 unspecified atom stereocenters. The third-order valence-electron chi connectivity index (χ3n) is 1.71. The van der Waals surface area contributed by atoms with E-state index in [0.29, 0.717) is 4.47 Å². The van der Waals surface area contributed by atoms with Crippen LogP contribution in [-0.4, -0.2) is 27.5 Å². The first-order valence-corrected chi connectivity index (χ1v) is 6.22. The molecule has 0 saturated carbocycles. The Morgan fingerprint density at radius 3 is 2.62 bits per heavy atom. The van der Waals surface area contributed by atoms with Gasteiger partial charge in [0, 0.05) is 9.37 Å². The lowest BCUT2D eigenvalue weighted by Crippen LogP contribution is -2.08. The van der Waals surface area contributed by atoms with Crippen molar-refractivity contribution in [2.24, 2.45) is 0 Å². The average Bonchev–Trinajstić information content (AvgIpc) is 2.16. The molecule has 0 aromatic heterocycles. The number of aromatic carboxylic acids is 1. The molecule has 0 fully saturated rings. The quantitative estimate of drug-likeness (QED) is 0.929. The predicted molar refractivity (Wildman–Crippen MR) is 58.4 cm³/mol. The van der Waals surface area contributed by atoms with Crippen molar-refractivity contribution in [3.63, 3.8) is 0 Å². The highest BCUT2D eigenvalue weighted by molar-refractivity contribution is 9.10. The summed E-state index contributed by atoms with van der Waals surface area (Å²) < 4.78 is 35.7. The summed E-state index contributed by atoms with van der Waals surface area (Å²) in [5, 5.41) is 8.78. The maximum atomic E-state index is 12.0. The molecule has 16 heavy (non-hydrogen) atoms. The third-order valence-corrected chi connectivity index (χ3v) is 3.73. The first kappa shape index (κ1) is 13.2. The van der Waals surface area contributed by atoms with E-state index >= 15 is 0 Å². The molecule has 7 heteroatoms. The van der Waals surface area contributed by atoms with E-state index in [1.54, 1.807) is 0 Å². The number of rotatable bonds is 4. The van der Waals surface area contributed by atoms with Crippen molar-refractivity contribution >= 4 is 32.7 Å². The summed E-state index contributed by atoms with van der Waals surface area (Å²) in [7, 11) is -1.88. The van der Waals surface area contributed by atoms with E-state index in [2.05, 4.69) is 15.9 Å². The Morgan fingerprint density at radius 2 is 2.12 bits per heavy atom. The summed E-state index contributed by atoms with van der Waals surface area (Å²) in [6.07, 6.45) is -2.68. The van der Waals surface area contributed by atoms with Crippen LogP contribution in [0.1, 0.15) is 10.4 Å². The van der Waals surface area contributed by atoms with Gasteiger partial charge in [0.15, 0.2) is 0 Å². The van der Waals surface area contributed by atoms with Crippen molar-refractivity contribution in [2.45, 2.75) is 11.3 Å². The Hall–Kier alpha value is -0.820. The fourth-order valence-corrected chi connectivity index (χ4v) is 2.33. The van der Waals surface area contributed by atoms with Gasteiger partial charge in [0.05, 0.1) is 22.1 Å². The van der Waals surface area contributed by atoms with Crippen molar-refractivity contribution in [1.82, 2.24) is 0 Å². The molecule has 1 atom stereocenters. The van der Waals surface area contributed by atoms with Gasteiger partial charge < -0.3 is 5.11 Å². The van der Waals surface area contributed by atoms with E-state index in [0.717, 1.165) is 6.07 Å². The van der Waals surface area contributed by atoms with Gasteiger partial charge in [-0.3, -0.25) is 4.21 Å². The lowest BCUT2D eigenvalue weighted by atomic mass is 10.2. The van der Waals surface area contributed by atoms with Gasteiger partial charge in [-0.1, -0.05) is 0 Å². The number of hydrogen-bond donors (Lipinski definition) is 1. The SMILES string of the molecule is O=C(O)c1cc(S(=O)CC(F)F)ccc1Br. The van der Waals surface area contributed by atoms with Crippen molar-refractivity contribution in [3.8, 4) is 0 Å². The highest BCUT2D eigenvalue weighted by Crippen LogP contribution is 2.20. The first-order chi connectivity index (χ1) is 7.41. The minimum atomic E-state index is -2.68. The summed E-state index contributed by atoms with van der Waals surface area (Å²) >= 11 is 3.00. The van der Waals surface area contributed by atoms with E-state index < -0.39 is 28.9 Å². The fraction of sp³-hybridized carbons (Fsp3) is 0.222. The topological polar surface area (TPSA) is 54.4 Å². The van der Waals surface area contributed by atoms with Gasteiger partial charge in [-0.25, -0.2) is 13.6 Å². The Bertz CT molecular complexity index is 437. The Morgan fingerprint density at radius 1 is 1.50 bits per heavy atom. The largest absolute Gasteiger partial charge is 0.478 e. The number of carboxylic acids is 1. The van der Waals surface area contributed by atoms with Crippen LogP contribution in [0.5, 0.6) is 0 Å². The molecule has 0 saturated heterocycles. The lowest BCUT2D eigenvalue weighted by molar-refractivity contribution is 0.0695. The number of benzene rings is 1. The van der Waals surface area contributed by atoms with E-state index in [1.807, 2.05) is 0 Å². The Kier molecular flexibility index (Phi) is 4.55. The second-order valence-electron chi connectivity index (χ2n) is 2.85. The van der Waals surface area contributed by atoms with Crippen molar-refractivity contribution in [1.29, 1.82) is 0 Å². The van der Waals surface area contributed by atoms with E-state index in [4.69, 9.17) is 5.11 Å². The summed E-state index contributed by atoms with van der Waals surface area (Å²) in [5.41, 5.74) is -0.0971. The van der Waals surface area contributed by atoms with Crippen LogP contribution in [0.2, 0.25) is 0 Å². The maximum Gasteiger partial charge on any atom is 0.336 e. The zero-order chi connectivity index (χ0) is 12.3. The number of carboxylic acid groups (broad SMARTS) is 1. The molecule has 1 N–H and O–H groups in total. The van der Waals surface area contributed by atoms with Gasteiger partial charge in [-0.2, -0.15) is 0 Å². The highest BCUT2D eigenvalue weighted by Gasteiger charge is 2.15. The second-order valence-corrected chi connectivity index (χ2v) is 5.20. The molecule has 0 aliphatic carbocycles. The van der Waals surface area contributed by atoms with Crippen LogP contribution in [-0.2, 0) is 10.8 Å². The van der Waals surface area contributed by atoms with Crippen LogP contribution in [0, 0.1) is 0 Å². The molecule has 0 heterocycles. The molecule has 0 aliphatic heterocycles. The van der Waals surface area contributed by atoms with Crippen molar-refractivity contribution in [3.05, 3.63) is 28.2 Å². The fourth-order valence-electron chi connectivity index (χ4n) is 1.02. The molecular formula is C9H7BrF2O3S. The van der Waals surface area contributed by atoms with Crippen molar-refractivity contribution < 1.29 is 22.9 Å². The van der Waals surface area contributed by atoms with Crippen LogP contribution >= 0.6 is 15.9 Å². The Labute approximate surface area is 101 Å². The van der Waals surface area contributed by atoms with Crippen LogP contribution in [0.4, 0.5) is 8.78 Å².